The third kappa shape index (κ3) is 7.94. The van der Waals surface area contributed by atoms with Crippen LogP contribution in [0, 0.1) is 5.92 Å². The van der Waals surface area contributed by atoms with Crippen LogP contribution < -0.4 is 15.4 Å². The Labute approximate surface area is 183 Å². The third-order valence-corrected chi connectivity index (χ3v) is 5.45. The van der Waals surface area contributed by atoms with E-state index in [4.69, 9.17) is 9.15 Å². The van der Waals surface area contributed by atoms with Gasteiger partial charge in [0.1, 0.15) is 11.5 Å². The average Bonchev–Trinajstić information content (AvgIpc) is 3.31. The van der Waals surface area contributed by atoms with Crippen molar-refractivity contribution in [3.05, 3.63) is 60.1 Å². The molecule has 0 bridgehead atoms. The molecule has 1 aliphatic rings. The van der Waals surface area contributed by atoms with Gasteiger partial charge in [-0.25, -0.2) is 0 Å². The van der Waals surface area contributed by atoms with Gasteiger partial charge in [-0.05, 0) is 67.8 Å². The van der Waals surface area contributed by atoms with E-state index >= 15 is 0 Å². The first-order chi connectivity index (χ1) is 15.1. The zero-order valence-electron chi connectivity index (χ0n) is 18.0. The molecule has 3 rings (SSSR count). The highest BCUT2D eigenvalue weighted by molar-refractivity contribution is 5.91. The van der Waals surface area contributed by atoms with Crippen LogP contribution in [0.2, 0.25) is 0 Å². The van der Waals surface area contributed by atoms with E-state index in [0.717, 1.165) is 38.2 Å². The van der Waals surface area contributed by atoms with Crippen LogP contribution >= 0.6 is 0 Å². The smallest absolute Gasteiger partial charge is 0.244 e. The Balaban J connectivity index is 1.26. The van der Waals surface area contributed by atoms with E-state index in [1.165, 1.54) is 11.6 Å². The summed E-state index contributed by atoms with van der Waals surface area (Å²) in [6, 6.07) is 11.7. The Morgan fingerprint density at radius 3 is 2.61 bits per heavy atom. The van der Waals surface area contributed by atoms with Crippen molar-refractivity contribution in [3.63, 3.8) is 0 Å². The van der Waals surface area contributed by atoms with Crippen molar-refractivity contribution in [1.29, 1.82) is 0 Å². The highest BCUT2D eigenvalue weighted by Gasteiger charge is 2.19. The number of nitrogens with one attached hydrogen (secondary N) is 2. The van der Waals surface area contributed by atoms with Crippen molar-refractivity contribution in [2.45, 2.75) is 25.8 Å². The minimum atomic E-state index is -0.242. The molecule has 7 heteroatoms. The number of hydrogen-bond acceptors (Lipinski definition) is 5. The van der Waals surface area contributed by atoms with Gasteiger partial charge in [0.15, 0.2) is 0 Å². The number of benzene rings is 1. The van der Waals surface area contributed by atoms with Crippen LogP contribution in [0.1, 0.15) is 30.6 Å². The molecule has 1 aliphatic heterocycles. The molecule has 0 radical (unpaired) electrons. The van der Waals surface area contributed by atoms with E-state index in [1.54, 1.807) is 31.6 Å². The second kappa shape index (κ2) is 12.0. The van der Waals surface area contributed by atoms with E-state index in [1.807, 2.05) is 12.1 Å². The number of nitrogens with zero attached hydrogens (tertiary/aromatic N) is 1. The van der Waals surface area contributed by atoms with Gasteiger partial charge < -0.3 is 19.8 Å². The fourth-order valence-electron chi connectivity index (χ4n) is 3.59. The predicted octanol–water partition coefficient (Wildman–Crippen LogP) is 2.84. The van der Waals surface area contributed by atoms with Crippen molar-refractivity contribution in [2.75, 3.05) is 33.3 Å². The molecule has 2 N–H and O–H groups in total. The van der Waals surface area contributed by atoms with Crippen molar-refractivity contribution in [1.82, 2.24) is 15.5 Å². The Kier molecular flexibility index (Phi) is 8.72. The maximum absolute atomic E-state index is 12.1. The molecule has 0 saturated carbocycles. The molecule has 1 fully saturated rings. The van der Waals surface area contributed by atoms with Crippen LogP contribution in [0.25, 0.3) is 6.08 Å². The van der Waals surface area contributed by atoms with Crippen LogP contribution in [-0.4, -0.2) is 50.0 Å². The van der Waals surface area contributed by atoms with Gasteiger partial charge in [-0.15, -0.1) is 0 Å². The molecule has 1 saturated heterocycles. The Hall–Kier alpha value is -3.06. The molecular weight excluding hydrogens is 394 g/mol. The average molecular weight is 426 g/mol. The molecule has 2 amide bonds. The molecule has 0 aliphatic carbocycles. The van der Waals surface area contributed by atoms with Crippen molar-refractivity contribution in [2.24, 2.45) is 5.92 Å². The molecule has 7 nitrogen and oxygen atoms in total. The van der Waals surface area contributed by atoms with E-state index in [-0.39, 0.29) is 18.2 Å². The summed E-state index contributed by atoms with van der Waals surface area (Å²) in [5.41, 5.74) is 1.29. The number of likely N-dealkylation sites (tertiary alicyclic amines) is 1. The molecule has 2 aromatic rings. The van der Waals surface area contributed by atoms with Gasteiger partial charge in [0.25, 0.3) is 0 Å². The van der Waals surface area contributed by atoms with Gasteiger partial charge >= 0.3 is 0 Å². The van der Waals surface area contributed by atoms with E-state index in [0.29, 0.717) is 24.8 Å². The molecule has 166 valence electrons. The molecule has 31 heavy (non-hydrogen) atoms. The number of amides is 2. The maximum atomic E-state index is 12.1. The number of hydrogen-bond donors (Lipinski definition) is 2. The maximum Gasteiger partial charge on any atom is 0.244 e. The minimum absolute atomic E-state index is 0.0315. The number of ether oxygens (including phenoxy) is 1. The van der Waals surface area contributed by atoms with E-state index < -0.39 is 0 Å². The van der Waals surface area contributed by atoms with Gasteiger partial charge in [-0.3, -0.25) is 14.5 Å². The number of carbonyl (C=O) groups excluding carboxylic acids is 2. The number of furan rings is 1. The lowest BCUT2D eigenvalue weighted by molar-refractivity contribution is -0.121. The first-order valence-electron chi connectivity index (χ1n) is 10.7. The summed E-state index contributed by atoms with van der Waals surface area (Å²) in [6.07, 6.45) is 6.96. The van der Waals surface area contributed by atoms with Crippen LogP contribution in [0.5, 0.6) is 5.75 Å². The molecule has 2 heterocycles. The van der Waals surface area contributed by atoms with Crippen LogP contribution in [-0.2, 0) is 16.1 Å². The van der Waals surface area contributed by atoms with Crippen LogP contribution in [0.3, 0.4) is 0 Å². The monoisotopic (exact) mass is 425 g/mol. The first-order valence-corrected chi connectivity index (χ1v) is 10.7. The molecule has 0 atom stereocenters. The fraction of sp³-hybridized carbons (Fsp3) is 0.417. The topological polar surface area (TPSA) is 83.8 Å². The number of piperidine rings is 1. The lowest BCUT2D eigenvalue weighted by Gasteiger charge is -2.32. The molecule has 1 aromatic carbocycles. The summed E-state index contributed by atoms with van der Waals surface area (Å²) < 4.78 is 10.3. The third-order valence-electron chi connectivity index (χ3n) is 5.45. The zero-order valence-corrected chi connectivity index (χ0v) is 18.0. The fourth-order valence-corrected chi connectivity index (χ4v) is 3.59. The van der Waals surface area contributed by atoms with Crippen molar-refractivity contribution in [3.8, 4) is 5.75 Å². The van der Waals surface area contributed by atoms with Gasteiger partial charge in [-0.1, -0.05) is 12.1 Å². The number of carbonyl (C=O) groups is 2. The summed E-state index contributed by atoms with van der Waals surface area (Å²) in [5.74, 6) is 1.72. The molecule has 0 unspecified atom stereocenters. The molecule has 1 aromatic heterocycles. The minimum Gasteiger partial charge on any atom is -0.497 e. The second-order valence-corrected chi connectivity index (χ2v) is 7.76. The SMILES string of the molecule is COc1ccc(CN2CCC(CNC(=O)CCNC(=O)/C=C/c3ccco3)CC2)cc1. The standard InChI is InChI=1S/C24H31N3O4/c1-30-21-6-4-20(5-7-21)18-27-14-11-19(12-15-27)17-26-24(29)10-13-25-23(28)9-8-22-3-2-16-31-22/h2-9,16,19H,10-15,17-18H2,1H3,(H,25,28)(H,26,29)/b9-8+. The lowest BCUT2D eigenvalue weighted by atomic mass is 9.96. The summed E-state index contributed by atoms with van der Waals surface area (Å²) in [4.78, 5) is 26.2. The van der Waals surface area contributed by atoms with Gasteiger partial charge in [-0.2, -0.15) is 0 Å². The van der Waals surface area contributed by atoms with Crippen molar-refractivity contribution >= 4 is 17.9 Å². The Morgan fingerprint density at radius 1 is 1.16 bits per heavy atom. The highest BCUT2D eigenvalue weighted by Crippen LogP contribution is 2.19. The Bertz CT molecular complexity index is 838. The predicted molar refractivity (Wildman–Crippen MR) is 119 cm³/mol. The Morgan fingerprint density at radius 2 is 1.94 bits per heavy atom. The van der Waals surface area contributed by atoms with Gasteiger partial charge in [0.2, 0.25) is 11.8 Å². The molecular formula is C24H31N3O4. The lowest BCUT2D eigenvalue weighted by Crippen LogP contribution is -2.39. The second-order valence-electron chi connectivity index (χ2n) is 7.76. The quantitative estimate of drug-likeness (QED) is 0.572. The summed E-state index contributed by atoms with van der Waals surface area (Å²) in [7, 11) is 1.68. The van der Waals surface area contributed by atoms with Gasteiger partial charge in [0.05, 0.1) is 13.4 Å². The summed E-state index contributed by atoms with van der Waals surface area (Å²) in [6.45, 7) is 4.02. The normalized spacial score (nSPS) is 15.1. The largest absolute Gasteiger partial charge is 0.497 e. The first kappa shape index (κ1) is 22.6. The van der Waals surface area contributed by atoms with E-state index in [2.05, 4.69) is 27.7 Å². The van der Waals surface area contributed by atoms with Gasteiger partial charge in [0, 0.05) is 32.1 Å². The van der Waals surface area contributed by atoms with Crippen molar-refractivity contribution < 1.29 is 18.7 Å². The number of methoxy groups -OCH3 is 1. The van der Waals surface area contributed by atoms with E-state index in [9.17, 15) is 9.59 Å². The summed E-state index contributed by atoms with van der Waals surface area (Å²) >= 11 is 0. The highest BCUT2D eigenvalue weighted by atomic mass is 16.5. The molecule has 0 spiro atoms. The van der Waals surface area contributed by atoms with Crippen LogP contribution in [0.4, 0.5) is 0 Å². The summed E-state index contributed by atoms with van der Waals surface area (Å²) in [5, 5.41) is 5.71. The number of rotatable bonds is 10. The zero-order chi connectivity index (χ0) is 21.9. The van der Waals surface area contributed by atoms with Crippen LogP contribution in [0.15, 0.2) is 53.2 Å².